The van der Waals surface area contributed by atoms with Crippen molar-refractivity contribution in [3.05, 3.63) is 168 Å². The van der Waals surface area contributed by atoms with Crippen molar-refractivity contribution in [1.29, 1.82) is 0 Å². The molecule has 314 valence electrons. The van der Waals surface area contributed by atoms with E-state index in [0.717, 1.165) is 39.5 Å². The van der Waals surface area contributed by atoms with Gasteiger partial charge in [-0.3, -0.25) is 9.55 Å². The zero-order chi connectivity index (χ0) is 66.9. The number of nitrogens with zero attached hydrogens (tertiary/aromatic N) is 3. The molecule has 0 bridgehead atoms. The molecular weight excluding hydrogens is 755 g/mol. The molecule has 0 unspecified atom stereocenters. The van der Waals surface area contributed by atoms with Gasteiger partial charge in [-0.15, -0.1) is 0 Å². The minimum absolute atomic E-state index is 0.0446. The number of hydrogen-bond donors (Lipinski definition) is 1. The number of phenolic OH excluding ortho intramolecular Hbond substituents is 1. The van der Waals surface area contributed by atoms with Gasteiger partial charge in [0.1, 0.15) is 11.6 Å². The highest BCUT2D eigenvalue weighted by Crippen LogP contribution is 2.46. The van der Waals surface area contributed by atoms with Gasteiger partial charge in [0.15, 0.2) is 0 Å². The van der Waals surface area contributed by atoms with Crippen LogP contribution in [-0.4, -0.2) is 19.6 Å². The van der Waals surface area contributed by atoms with Crippen LogP contribution in [0.15, 0.2) is 146 Å². The SMILES string of the molecule is [2H]C([2H])([2H])C(c1ccc(-n2c(-c3cc(C(C([2H])([2H])[2H])(C([2H])([2H])[2H])C([2H])([2H])[2H])cc(C(C([2H])([2H])[2H])(C([2H])([2H])[2H])C([2H])([2H])[2H])c3O)nc3c(-c4cc(-c5cc(-c6ccccc6)ccn5)cc(C(C)(C)C)c4)cccc32)c(-c2ccccc2)c1)(C([2H])([2H])[2H])C([2H])([2H])[2H]. The van der Waals surface area contributed by atoms with Gasteiger partial charge in [-0.2, -0.15) is 0 Å². The smallest absolute Gasteiger partial charge is 0.149 e. The Hall–Kier alpha value is -6.26. The highest BCUT2D eigenvalue weighted by molar-refractivity contribution is 5.98. The van der Waals surface area contributed by atoms with Crippen LogP contribution >= 0.6 is 0 Å². The van der Waals surface area contributed by atoms with Crippen molar-refractivity contribution in [2.45, 2.75) is 104 Å². The van der Waals surface area contributed by atoms with Gasteiger partial charge in [-0.1, -0.05) is 173 Å². The van der Waals surface area contributed by atoms with Gasteiger partial charge < -0.3 is 5.11 Å². The summed E-state index contributed by atoms with van der Waals surface area (Å²) in [5.74, 6) is -2.31. The lowest BCUT2D eigenvalue weighted by atomic mass is 9.79. The fourth-order valence-corrected chi connectivity index (χ4v) is 7.64. The number of phenols is 1. The summed E-state index contributed by atoms with van der Waals surface area (Å²) in [7, 11) is 0. The summed E-state index contributed by atoms with van der Waals surface area (Å²) in [5, 5.41) is 13.1. The molecule has 0 aliphatic heterocycles. The van der Waals surface area contributed by atoms with Gasteiger partial charge >= 0.3 is 0 Å². The molecule has 8 aromatic rings. The highest BCUT2D eigenvalue weighted by Gasteiger charge is 2.30. The van der Waals surface area contributed by atoms with E-state index in [2.05, 4.69) is 0 Å². The maximum absolute atomic E-state index is 13.1. The standard InChI is InChI=1S/C58H61N3O/c1-55(2,3)42-26-27-50(46(34-42)38-22-17-14-18-23-38)61-51-25-19-24-45(52(51)60-54(61)47-35-44(57(7,8)9)36-48(53(47)62)58(10,11)12)40-30-41(32-43(31-40)56(4,5)6)49-33-39(28-29-59-49)37-20-15-13-16-21-37/h13-36,62H,1-12H3/i1D3,2D3,3D3,7D3,8D3,9D3,10D3,11D3,12D3. The summed E-state index contributed by atoms with van der Waals surface area (Å²) < 4.78 is 237. The van der Waals surface area contributed by atoms with Crippen LogP contribution in [0.1, 0.15) is 142 Å². The number of hydrogen-bond acceptors (Lipinski definition) is 3. The van der Waals surface area contributed by atoms with E-state index >= 15 is 0 Å². The predicted molar refractivity (Wildman–Crippen MR) is 263 cm³/mol. The number of fused-ring (bicyclic) bond motifs is 1. The normalized spacial score (nSPS) is 20.9. The van der Waals surface area contributed by atoms with Crippen molar-refractivity contribution in [2.75, 3.05) is 0 Å². The Balaban J connectivity index is 1.68. The van der Waals surface area contributed by atoms with Crippen LogP contribution in [0.4, 0.5) is 0 Å². The number of imidazole rings is 1. The van der Waals surface area contributed by atoms with E-state index in [9.17, 15) is 5.11 Å². The van der Waals surface area contributed by atoms with E-state index in [4.69, 9.17) is 47.0 Å². The van der Waals surface area contributed by atoms with Crippen molar-refractivity contribution in [1.82, 2.24) is 14.5 Å². The van der Waals surface area contributed by atoms with Crippen molar-refractivity contribution in [2.24, 2.45) is 0 Å². The van der Waals surface area contributed by atoms with E-state index in [1.54, 1.807) is 30.5 Å². The van der Waals surface area contributed by atoms with Crippen molar-refractivity contribution >= 4 is 11.0 Å². The molecule has 4 heteroatoms. The van der Waals surface area contributed by atoms with Crippen LogP contribution in [0, 0.1) is 0 Å². The number of aromatic nitrogens is 3. The molecule has 0 saturated heterocycles. The van der Waals surface area contributed by atoms with E-state index in [-0.39, 0.29) is 39.5 Å². The van der Waals surface area contributed by atoms with E-state index in [1.807, 2.05) is 75.4 Å². The van der Waals surface area contributed by atoms with Crippen LogP contribution in [0.3, 0.4) is 0 Å². The zero-order valence-electron chi connectivity index (χ0n) is 61.1. The Morgan fingerprint density at radius 3 is 1.79 bits per heavy atom. The molecule has 2 heterocycles. The summed E-state index contributed by atoms with van der Waals surface area (Å²) in [6, 6.07) is 34.6. The lowest BCUT2D eigenvalue weighted by Gasteiger charge is -2.28. The third kappa shape index (κ3) is 8.23. The molecule has 0 saturated carbocycles. The third-order valence-electron chi connectivity index (χ3n) is 10.9. The van der Waals surface area contributed by atoms with E-state index in [1.165, 1.54) is 30.3 Å². The molecule has 0 radical (unpaired) electrons. The lowest BCUT2D eigenvalue weighted by Crippen LogP contribution is -2.17. The summed E-state index contributed by atoms with van der Waals surface area (Å²) in [6.45, 7) is -31.0. The van der Waals surface area contributed by atoms with E-state index < -0.39 is 117 Å². The highest BCUT2D eigenvalue weighted by atomic mass is 16.3. The largest absolute Gasteiger partial charge is 0.507 e. The molecule has 0 spiro atoms. The Labute approximate surface area is 407 Å². The number of para-hydroxylation sites is 1. The first-order chi connectivity index (χ1) is 40.4. The van der Waals surface area contributed by atoms with E-state index in [0.29, 0.717) is 22.9 Å². The second kappa shape index (κ2) is 15.6. The Bertz CT molecular complexity index is 3840. The Morgan fingerprint density at radius 1 is 0.484 bits per heavy atom. The fraction of sp³-hybridized carbons (Fsp3) is 0.276. The predicted octanol–water partition coefficient (Wildman–Crippen LogP) is 15.7. The van der Waals surface area contributed by atoms with Crippen LogP contribution in [-0.2, 0) is 21.7 Å². The van der Waals surface area contributed by atoms with Crippen LogP contribution < -0.4 is 0 Å². The first-order valence-corrected chi connectivity index (χ1v) is 19.7. The van der Waals surface area contributed by atoms with Crippen LogP contribution in [0.5, 0.6) is 5.75 Å². The summed E-state index contributed by atoms with van der Waals surface area (Å²) in [5.41, 5.74) is -13.8. The van der Waals surface area contributed by atoms with Crippen molar-refractivity contribution in [3.63, 3.8) is 0 Å². The first kappa shape index (κ1) is 20.7. The average Bonchev–Trinajstić information content (AvgIpc) is 1.10. The molecule has 1 N–H and O–H groups in total. The number of benzene rings is 6. The maximum atomic E-state index is 13.1. The van der Waals surface area contributed by atoms with Crippen LogP contribution in [0.25, 0.3) is 72.7 Å². The quantitative estimate of drug-likeness (QED) is 0.181. The molecule has 0 amide bonds. The maximum Gasteiger partial charge on any atom is 0.149 e. The Morgan fingerprint density at radius 2 is 1.11 bits per heavy atom. The second-order valence-electron chi connectivity index (χ2n) is 16.6. The minimum Gasteiger partial charge on any atom is -0.507 e. The van der Waals surface area contributed by atoms with Gasteiger partial charge in [-0.05, 0) is 109 Å². The summed E-state index contributed by atoms with van der Waals surface area (Å²) in [6.07, 6.45) is 1.64. The number of pyridine rings is 1. The lowest BCUT2D eigenvalue weighted by molar-refractivity contribution is 0.446. The van der Waals surface area contributed by atoms with Gasteiger partial charge in [0, 0.05) is 65.5 Å². The zero-order valence-corrected chi connectivity index (χ0v) is 34.1. The van der Waals surface area contributed by atoms with Crippen LogP contribution in [0.2, 0.25) is 0 Å². The second-order valence-corrected chi connectivity index (χ2v) is 16.6. The molecule has 0 fully saturated rings. The fourth-order valence-electron chi connectivity index (χ4n) is 7.64. The molecule has 62 heavy (non-hydrogen) atoms. The number of rotatable bonds is 6. The molecule has 2 aromatic heterocycles. The number of aromatic hydroxyl groups is 1. The molecule has 0 aliphatic rings. The van der Waals surface area contributed by atoms with Crippen molar-refractivity contribution < 1.29 is 42.1 Å². The molecular formula is C58H61N3O. The van der Waals surface area contributed by atoms with Gasteiger partial charge in [0.05, 0.1) is 28.0 Å². The molecule has 6 aromatic carbocycles. The molecule has 0 atom stereocenters. The Kier molecular flexibility index (Phi) is 5.21. The molecule has 4 nitrogen and oxygen atoms in total. The summed E-state index contributed by atoms with van der Waals surface area (Å²) >= 11 is 0. The molecule has 0 aliphatic carbocycles. The first-order valence-electron chi connectivity index (χ1n) is 33.2. The summed E-state index contributed by atoms with van der Waals surface area (Å²) in [4.78, 5) is 9.80. The topological polar surface area (TPSA) is 50.9 Å². The molecule has 8 rings (SSSR count). The van der Waals surface area contributed by atoms with Gasteiger partial charge in [0.2, 0.25) is 0 Å². The van der Waals surface area contributed by atoms with Gasteiger partial charge in [0.25, 0.3) is 0 Å². The average molecular weight is 843 g/mol. The van der Waals surface area contributed by atoms with Gasteiger partial charge in [-0.25, -0.2) is 4.98 Å². The monoisotopic (exact) mass is 843 g/mol. The minimum atomic E-state index is -4.32. The third-order valence-corrected chi connectivity index (χ3v) is 10.9. The van der Waals surface area contributed by atoms with Crippen molar-refractivity contribution in [3.8, 4) is 67.5 Å².